The second-order valence-electron chi connectivity index (χ2n) is 4.64. The van der Waals surface area contributed by atoms with E-state index in [0.29, 0.717) is 12.8 Å². The molecule has 1 aromatic rings. The van der Waals surface area contributed by atoms with Crippen molar-refractivity contribution in [2.75, 3.05) is 26.1 Å². The van der Waals surface area contributed by atoms with Gasteiger partial charge in [-0.2, -0.15) is 0 Å². The Morgan fingerprint density at radius 1 is 1.13 bits per heavy atom. The molecule has 0 aliphatic heterocycles. The Bertz CT molecular complexity index is 600. The molecule has 0 saturated carbocycles. The second-order valence-corrected chi connectivity index (χ2v) is 4.64. The minimum Gasteiger partial charge on any atom is -0.493 e. The number of benzene rings is 1. The molecule has 0 heterocycles. The van der Waals surface area contributed by atoms with Crippen molar-refractivity contribution in [1.82, 2.24) is 5.32 Å². The average molecular weight is 324 g/mol. The number of amides is 2. The van der Waals surface area contributed by atoms with E-state index >= 15 is 0 Å². The predicted molar refractivity (Wildman–Crippen MR) is 83.1 cm³/mol. The summed E-state index contributed by atoms with van der Waals surface area (Å²) < 4.78 is 10.2. The zero-order valence-electron chi connectivity index (χ0n) is 13.3. The standard InChI is InChI=1S/C15H20N2O6/c1-4-5-12(18)16-8-13(19)17-10-6-9(15(20)21)7-11(22-2)14(10)23-3/h6-7H,4-5,8H2,1-3H3,(H,16,18)(H,17,19)(H,20,21). The van der Waals surface area contributed by atoms with Gasteiger partial charge in [-0.3, -0.25) is 9.59 Å². The molecule has 1 aromatic carbocycles. The minimum absolute atomic E-state index is 0.0621. The Kier molecular flexibility index (Phi) is 6.85. The molecule has 23 heavy (non-hydrogen) atoms. The molecule has 0 aromatic heterocycles. The first kappa shape index (κ1) is 18.3. The lowest BCUT2D eigenvalue weighted by Gasteiger charge is -2.15. The van der Waals surface area contributed by atoms with Gasteiger partial charge in [-0.05, 0) is 18.6 Å². The number of rotatable bonds is 8. The van der Waals surface area contributed by atoms with Gasteiger partial charge >= 0.3 is 5.97 Å². The minimum atomic E-state index is -1.17. The van der Waals surface area contributed by atoms with E-state index in [1.807, 2.05) is 6.92 Å². The summed E-state index contributed by atoms with van der Waals surface area (Å²) in [5.41, 5.74) is 0.0898. The Balaban J connectivity index is 2.93. The highest BCUT2D eigenvalue weighted by molar-refractivity contribution is 5.98. The Hall–Kier alpha value is -2.77. The molecule has 1 rings (SSSR count). The number of nitrogens with one attached hydrogen (secondary N) is 2. The van der Waals surface area contributed by atoms with Gasteiger partial charge in [-0.25, -0.2) is 4.79 Å². The van der Waals surface area contributed by atoms with Crippen LogP contribution < -0.4 is 20.1 Å². The molecule has 0 fully saturated rings. The van der Waals surface area contributed by atoms with Crippen LogP contribution >= 0.6 is 0 Å². The first-order valence-corrected chi connectivity index (χ1v) is 6.98. The predicted octanol–water partition coefficient (Wildman–Crippen LogP) is 1.26. The highest BCUT2D eigenvalue weighted by Crippen LogP contribution is 2.36. The van der Waals surface area contributed by atoms with Gasteiger partial charge in [-0.15, -0.1) is 0 Å². The molecule has 2 amide bonds. The molecule has 126 valence electrons. The Morgan fingerprint density at radius 2 is 1.83 bits per heavy atom. The third-order valence-corrected chi connectivity index (χ3v) is 2.92. The van der Waals surface area contributed by atoms with Crippen molar-refractivity contribution in [1.29, 1.82) is 0 Å². The quantitative estimate of drug-likeness (QED) is 0.663. The van der Waals surface area contributed by atoms with Gasteiger partial charge in [0.2, 0.25) is 11.8 Å². The van der Waals surface area contributed by atoms with Crippen LogP contribution in [0.25, 0.3) is 0 Å². The summed E-state index contributed by atoms with van der Waals surface area (Å²) in [5.74, 6) is -1.52. The fraction of sp³-hybridized carbons (Fsp3) is 0.400. The lowest BCUT2D eigenvalue weighted by atomic mass is 10.1. The Labute approximate surface area is 133 Å². The Morgan fingerprint density at radius 3 is 2.35 bits per heavy atom. The van der Waals surface area contributed by atoms with Gasteiger partial charge in [0.25, 0.3) is 0 Å². The summed E-state index contributed by atoms with van der Waals surface area (Å²) in [6, 6.07) is 2.55. The molecule has 0 saturated heterocycles. The van der Waals surface area contributed by atoms with Gasteiger partial charge in [0.05, 0.1) is 32.0 Å². The van der Waals surface area contributed by atoms with E-state index in [2.05, 4.69) is 10.6 Å². The van der Waals surface area contributed by atoms with Gasteiger partial charge in [0, 0.05) is 6.42 Å². The van der Waals surface area contributed by atoms with Crippen LogP contribution in [-0.2, 0) is 9.59 Å². The molecular weight excluding hydrogens is 304 g/mol. The van der Waals surface area contributed by atoms with Gasteiger partial charge < -0.3 is 25.2 Å². The maximum absolute atomic E-state index is 11.9. The monoisotopic (exact) mass is 324 g/mol. The summed E-state index contributed by atoms with van der Waals surface area (Å²) >= 11 is 0. The number of carboxylic acid groups (broad SMARTS) is 1. The summed E-state index contributed by atoms with van der Waals surface area (Å²) in [6.45, 7) is 1.63. The number of ether oxygens (including phenoxy) is 2. The largest absolute Gasteiger partial charge is 0.493 e. The number of carbonyl (C=O) groups excluding carboxylic acids is 2. The van der Waals surface area contributed by atoms with Crippen LogP contribution in [0.3, 0.4) is 0 Å². The maximum atomic E-state index is 11.9. The molecule has 0 aliphatic carbocycles. The van der Waals surface area contributed by atoms with Crippen LogP contribution in [-0.4, -0.2) is 43.7 Å². The molecule has 8 nitrogen and oxygen atoms in total. The zero-order valence-corrected chi connectivity index (χ0v) is 13.3. The first-order valence-electron chi connectivity index (χ1n) is 6.98. The van der Waals surface area contributed by atoms with E-state index in [1.54, 1.807) is 0 Å². The third kappa shape index (κ3) is 5.17. The van der Waals surface area contributed by atoms with Crippen molar-refractivity contribution in [3.05, 3.63) is 17.7 Å². The lowest BCUT2D eigenvalue weighted by Crippen LogP contribution is -2.32. The van der Waals surface area contributed by atoms with Crippen LogP contribution in [0.1, 0.15) is 30.1 Å². The SMILES string of the molecule is CCCC(=O)NCC(=O)Nc1cc(C(=O)O)cc(OC)c1OC. The van der Waals surface area contributed by atoms with E-state index in [0.717, 1.165) is 0 Å². The fourth-order valence-electron chi connectivity index (χ4n) is 1.87. The van der Waals surface area contributed by atoms with E-state index < -0.39 is 11.9 Å². The molecule has 3 N–H and O–H groups in total. The number of aromatic carboxylic acids is 1. The second kappa shape index (κ2) is 8.62. The van der Waals surface area contributed by atoms with E-state index in [4.69, 9.17) is 14.6 Å². The summed E-state index contributed by atoms with van der Waals surface area (Å²) in [4.78, 5) is 34.4. The van der Waals surface area contributed by atoms with Gasteiger partial charge in [0.15, 0.2) is 11.5 Å². The van der Waals surface area contributed by atoms with Crippen molar-refractivity contribution >= 4 is 23.5 Å². The number of hydrogen-bond donors (Lipinski definition) is 3. The van der Waals surface area contributed by atoms with E-state index in [1.165, 1.54) is 26.4 Å². The van der Waals surface area contributed by atoms with Crippen molar-refractivity contribution in [3.63, 3.8) is 0 Å². The molecule has 0 bridgehead atoms. The fourth-order valence-corrected chi connectivity index (χ4v) is 1.87. The highest BCUT2D eigenvalue weighted by atomic mass is 16.5. The number of hydrogen-bond acceptors (Lipinski definition) is 5. The number of anilines is 1. The van der Waals surface area contributed by atoms with Crippen molar-refractivity contribution < 1.29 is 29.0 Å². The summed E-state index contributed by atoms with van der Waals surface area (Å²) in [5, 5.41) is 14.1. The lowest BCUT2D eigenvalue weighted by molar-refractivity contribution is -0.124. The number of carbonyl (C=O) groups is 3. The molecule has 0 atom stereocenters. The van der Waals surface area contributed by atoms with Crippen molar-refractivity contribution in [2.45, 2.75) is 19.8 Å². The van der Waals surface area contributed by atoms with Gasteiger partial charge in [-0.1, -0.05) is 6.92 Å². The molecular formula is C15H20N2O6. The summed E-state index contributed by atoms with van der Waals surface area (Å²) in [7, 11) is 2.73. The maximum Gasteiger partial charge on any atom is 0.335 e. The van der Waals surface area contributed by atoms with E-state index in [-0.39, 0.29) is 35.2 Å². The smallest absolute Gasteiger partial charge is 0.335 e. The van der Waals surface area contributed by atoms with Crippen LogP contribution in [0.4, 0.5) is 5.69 Å². The van der Waals surface area contributed by atoms with Crippen LogP contribution in [0.5, 0.6) is 11.5 Å². The number of carboxylic acids is 1. The molecule has 0 radical (unpaired) electrons. The van der Waals surface area contributed by atoms with E-state index in [9.17, 15) is 14.4 Å². The van der Waals surface area contributed by atoms with Crippen LogP contribution in [0.15, 0.2) is 12.1 Å². The van der Waals surface area contributed by atoms with Crippen molar-refractivity contribution in [2.24, 2.45) is 0 Å². The highest BCUT2D eigenvalue weighted by Gasteiger charge is 2.17. The summed E-state index contributed by atoms with van der Waals surface area (Å²) in [6.07, 6.45) is 1.01. The normalized spacial score (nSPS) is 9.87. The van der Waals surface area contributed by atoms with Crippen molar-refractivity contribution in [3.8, 4) is 11.5 Å². The third-order valence-electron chi connectivity index (χ3n) is 2.92. The zero-order chi connectivity index (χ0) is 17.4. The topological polar surface area (TPSA) is 114 Å². The van der Waals surface area contributed by atoms with Crippen LogP contribution in [0, 0.1) is 0 Å². The molecule has 0 spiro atoms. The van der Waals surface area contributed by atoms with Gasteiger partial charge in [0.1, 0.15) is 0 Å². The number of methoxy groups -OCH3 is 2. The molecule has 8 heteroatoms. The van der Waals surface area contributed by atoms with Crippen LogP contribution in [0.2, 0.25) is 0 Å². The first-order chi connectivity index (χ1) is 10.9. The molecule has 0 unspecified atom stereocenters. The molecule has 0 aliphatic rings. The average Bonchev–Trinajstić information content (AvgIpc) is 2.52.